The van der Waals surface area contributed by atoms with E-state index in [1.807, 2.05) is 19.2 Å². The van der Waals surface area contributed by atoms with E-state index in [1.165, 1.54) is 11.1 Å². The Bertz CT molecular complexity index is 563. The molecule has 0 atom stereocenters. The molecule has 2 aromatic rings. The van der Waals surface area contributed by atoms with Gasteiger partial charge in [-0.3, -0.25) is 4.98 Å². The summed E-state index contributed by atoms with van der Waals surface area (Å²) in [5, 5.41) is 4.36. The van der Waals surface area contributed by atoms with Gasteiger partial charge in [0.25, 0.3) is 0 Å². The van der Waals surface area contributed by atoms with Gasteiger partial charge in [0, 0.05) is 30.7 Å². The van der Waals surface area contributed by atoms with E-state index < -0.39 is 0 Å². The van der Waals surface area contributed by atoms with Crippen molar-refractivity contribution in [3.05, 3.63) is 48.7 Å². The van der Waals surface area contributed by atoms with E-state index >= 15 is 0 Å². The molecule has 0 aliphatic rings. The lowest BCUT2D eigenvalue weighted by atomic mass is 10.1. The third-order valence-corrected chi connectivity index (χ3v) is 3.18. The van der Waals surface area contributed by atoms with Gasteiger partial charge in [0.05, 0.1) is 11.2 Å². The van der Waals surface area contributed by atoms with Gasteiger partial charge in [0.2, 0.25) is 0 Å². The minimum Gasteiger partial charge on any atom is -0.367 e. The van der Waals surface area contributed by atoms with Crippen molar-refractivity contribution >= 4 is 16.6 Å². The predicted molar refractivity (Wildman–Crippen MR) is 82.6 cm³/mol. The predicted octanol–water partition coefficient (Wildman–Crippen LogP) is 2.97. The lowest BCUT2D eigenvalue weighted by Gasteiger charge is -2.23. The van der Waals surface area contributed by atoms with Crippen LogP contribution in [0.5, 0.6) is 0 Å². The van der Waals surface area contributed by atoms with Crippen molar-refractivity contribution < 1.29 is 0 Å². The Balaban J connectivity index is 2.57. The molecule has 0 fully saturated rings. The first-order chi connectivity index (χ1) is 9.30. The van der Waals surface area contributed by atoms with Crippen molar-refractivity contribution in [1.82, 2.24) is 10.3 Å². The first kappa shape index (κ1) is 13.6. The SMILES string of the molecule is C=CCN(CC)c1cc(CNC)nc2ccccc12. The van der Waals surface area contributed by atoms with Crippen molar-refractivity contribution in [1.29, 1.82) is 0 Å². The normalized spacial score (nSPS) is 10.6. The van der Waals surface area contributed by atoms with Crippen LogP contribution in [0.2, 0.25) is 0 Å². The van der Waals surface area contributed by atoms with Gasteiger partial charge >= 0.3 is 0 Å². The summed E-state index contributed by atoms with van der Waals surface area (Å²) in [7, 11) is 1.94. The Kier molecular flexibility index (Phi) is 4.53. The van der Waals surface area contributed by atoms with E-state index in [4.69, 9.17) is 0 Å². The first-order valence-electron chi connectivity index (χ1n) is 6.69. The molecule has 0 amide bonds. The molecule has 1 N–H and O–H groups in total. The number of hydrogen-bond donors (Lipinski definition) is 1. The van der Waals surface area contributed by atoms with Gasteiger partial charge < -0.3 is 10.2 Å². The van der Waals surface area contributed by atoms with Gasteiger partial charge in [0.1, 0.15) is 0 Å². The van der Waals surface area contributed by atoms with Gasteiger partial charge in [-0.15, -0.1) is 6.58 Å². The fourth-order valence-corrected chi connectivity index (χ4v) is 2.30. The second-order valence-electron chi connectivity index (χ2n) is 4.51. The third kappa shape index (κ3) is 2.93. The molecule has 0 saturated carbocycles. The van der Waals surface area contributed by atoms with Gasteiger partial charge in [-0.1, -0.05) is 24.3 Å². The molecule has 19 heavy (non-hydrogen) atoms. The molecule has 3 heteroatoms. The fourth-order valence-electron chi connectivity index (χ4n) is 2.30. The van der Waals surface area contributed by atoms with Gasteiger partial charge in [-0.2, -0.15) is 0 Å². The number of para-hydroxylation sites is 1. The Morgan fingerprint density at radius 2 is 2.16 bits per heavy atom. The summed E-state index contributed by atoms with van der Waals surface area (Å²) < 4.78 is 0. The highest BCUT2D eigenvalue weighted by atomic mass is 15.1. The minimum absolute atomic E-state index is 0.781. The highest BCUT2D eigenvalue weighted by Crippen LogP contribution is 2.26. The molecule has 0 radical (unpaired) electrons. The topological polar surface area (TPSA) is 28.2 Å². The summed E-state index contributed by atoms with van der Waals surface area (Å²) in [5.41, 5.74) is 3.35. The standard InChI is InChI=1S/C16H21N3/c1-4-10-19(5-2)16-11-13(12-17-3)18-15-9-7-6-8-14(15)16/h4,6-9,11,17H,1,5,10,12H2,2-3H3. The van der Waals surface area contributed by atoms with Crippen LogP contribution in [0.1, 0.15) is 12.6 Å². The number of pyridine rings is 1. The molecular formula is C16H21N3. The lowest BCUT2D eigenvalue weighted by Crippen LogP contribution is -2.23. The molecule has 0 unspecified atom stereocenters. The number of rotatable bonds is 6. The Labute approximate surface area is 115 Å². The lowest BCUT2D eigenvalue weighted by molar-refractivity contribution is 0.793. The maximum atomic E-state index is 4.69. The number of benzene rings is 1. The van der Waals surface area contributed by atoms with Crippen LogP contribution in [0.15, 0.2) is 43.0 Å². The van der Waals surface area contributed by atoms with E-state index in [-0.39, 0.29) is 0 Å². The van der Waals surface area contributed by atoms with E-state index in [0.29, 0.717) is 0 Å². The van der Waals surface area contributed by atoms with Crippen LogP contribution in [0.4, 0.5) is 5.69 Å². The molecule has 1 aromatic carbocycles. The summed E-state index contributed by atoms with van der Waals surface area (Å²) in [6.45, 7) is 8.60. The summed E-state index contributed by atoms with van der Waals surface area (Å²) >= 11 is 0. The second-order valence-corrected chi connectivity index (χ2v) is 4.51. The molecule has 1 aromatic heterocycles. The molecule has 3 nitrogen and oxygen atoms in total. The molecule has 0 bridgehead atoms. The zero-order valence-electron chi connectivity index (χ0n) is 11.7. The third-order valence-electron chi connectivity index (χ3n) is 3.18. The van der Waals surface area contributed by atoms with E-state index in [1.54, 1.807) is 0 Å². The quantitative estimate of drug-likeness (QED) is 0.804. The minimum atomic E-state index is 0.781. The molecular weight excluding hydrogens is 234 g/mol. The van der Waals surface area contributed by atoms with Crippen LogP contribution in [0.25, 0.3) is 10.9 Å². The molecule has 0 saturated heterocycles. The molecule has 100 valence electrons. The van der Waals surface area contributed by atoms with Crippen molar-refractivity contribution in [3.8, 4) is 0 Å². The van der Waals surface area contributed by atoms with Crippen LogP contribution in [-0.2, 0) is 6.54 Å². The number of nitrogens with one attached hydrogen (secondary N) is 1. The monoisotopic (exact) mass is 255 g/mol. The number of anilines is 1. The number of hydrogen-bond acceptors (Lipinski definition) is 3. The van der Waals surface area contributed by atoms with Crippen LogP contribution >= 0.6 is 0 Å². The van der Waals surface area contributed by atoms with Crippen molar-refractivity contribution in [3.63, 3.8) is 0 Å². The molecule has 1 heterocycles. The van der Waals surface area contributed by atoms with Crippen molar-refractivity contribution in [2.75, 3.05) is 25.0 Å². The van der Waals surface area contributed by atoms with E-state index in [0.717, 1.165) is 30.8 Å². The van der Waals surface area contributed by atoms with Gasteiger partial charge in [0.15, 0.2) is 0 Å². The molecule has 0 aliphatic carbocycles. The van der Waals surface area contributed by atoms with Crippen LogP contribution in [-0.4, -0.2) is 25.1 Å². The largest absolute Gasteiger partial charge is 0.367 e. The smallest absolute Gasteiger partial charge is 0.0726 e. The Morgan fingerprint density at radius 1 is 1.37 bits per heavy atom. The average molecular weight is 255 g/mol. The zero-order chi connectivity index (χ0) is 13.7. The second kappa shape index (κ2) is 6.34. The summed E-state index contributed by atoms with van der Waals surface area (Å²) in [6.07, 6.45) is 1.94. The summed E-state index contributed by atoms with van der Waals surface area (Å²) in [5.74, 6) is 0. The summed E-state index contributed by atoms with van der Waals surface area (Å²) in [4.78, 5) is 7.00. The highest BCUT2D eigenvalue weighted by Gasteiger charge is 2.10. The van der Waals surface area contributed by atoms with Gasteiger partial charge in [-0.25, -0.2) is 0 Å². The van der Waals surface area contributed by atoms with Crippen molar-refractivity contribution in [2.24, 2.45) is 0 Å². The maximum absolute atomic E-state index is 4.69. The van der Waals surface area contributed by atoms with Crippen molar-refractivity contribution in [2.45, 2.75) is 13.5 Å². The number of likely N-dealkylation sites (N-methyl/N-ethyl adjacent to an activating group) is 1. The molecule has 0 aliphatic heterocycles. The fraction of sp³-hybridized carbons (Fsp3) is 0.312. The van der Waals surface area contributed by atoms with E-state index in [2.05, 4.69) is 53.0 Å². The zero-order valence-corrected chi connectivity index (χ0v) is 11.7. The highest BCUT2D eigenvalue weighted by molar-refractivity contribution is 5.92. The number of aromatic nitrogens is 1. The number of fused-ring (bicyclic) bond motifs is 1. The van der Waals surface area contributed by atoms with Crippen LogP contribution < -0.4 is 10.2 Å². The maximum Gasteiger partial charge on any atom is 0.0726 e. The average Bonchev–Trinajstić information content (AvgIpc) is 2.44. The Morgan fingerprint density at radius 3 is 2.84 bits per heavy atom. The van der Waals surface area contributed by atoms with Gasteiger partial charge in [-0.05, 0) is 26.1 Å². The van der Waals surface area contributed by atoms with Crippen LogP contribution in [0, 0.1) is 0 Å². The molecule has 2 rings (SSSR count). The van der Waals surface area contributed by atoms with E-state index in [9.17, 15) is 0 Å². The number of nitrogens with zero attached hydrogens (tertiary/aromatic N) is 2. The Hall–Kier alpha value is -1.87. The van der Waals surface area contributed by atoms with Crippen LogP contribution in [0.3, 0.4) is 0 Å². The summed E-state index contributed by atoms with van der Waals surface area (Å²) in [6, 6.07) is 10.5. The first-order valence-corrected chi connectivity index (χ1v) is 6.69. The molecule has 0 spiro atoms.